The number of aryl methyl sites for hydroxylation is 1. The number of amides is 1. The van der Waals surface area contributed by atoms with E-state index in [1.54, 1.807) is 6.20 Å². The van der Waals surface area contributed by atoms with Crippen LogP contribution in [0.5, 0.6) is 0 Å². The first kappa shape index (κ1) is 12.4. The number of nitrogens with zero attached hydrogens (tertiary/aromatic N) is 2. The third kappa shape index (κ3) is 2.05. The quantitative estimate of drug-likeness (QED) is 0.739. The maximum Gasteiger partial charge on any atom is 0.212 e. The Balaban J connectivity index is 2.12. The first-order chi connectivity index (χ1) is 9.69. The molecule has 2 aromatic heterocycles. The Morgan fingerprint density at radius 3 is 2.80 bits per heavy atom. The van der Waals surface area contributed by atoms with Crippen LogP contribution in [0.3, 0.4) is 0 Å². The van der Waals surface area contributed by atoms with Gasteiger partial charge in [-0.15, -0.1) is 0 Å². The molecule has 0 radical (unpaired) electrons. The molecule has 0 fully saturated rings. The van der Waals surface area contributed by atoms with Crippen molar-refractivity contribution in [2.75, 3.05) is 5.32 Å². The molecule has 3 rings (SSSR count). The Morgan fingerprint density at radius 2 is 2.00 bits per heavy atom. The summed E-state index contributed by atoms with van der Waals surface area (Å²) in [4.78, 5) is 14.8. The van der Waals surface area contributed by atoms with E-state index in [1.807, 2.05) is 16.7 Å². The van der Waals surface area contributed by atoms with E-state index in [1.165, 1.54) is 16.7 Å². The number of fused-ring (bicyclic) bond motifs is 1. The van der Waals surface area contributed by atoms with E-state index in [0.29, 0.717) is 12.2 Å². The first-order valence-electron chi connectivity index (χ1n) is 6.44. The highest BCUT2D eigenvalue weighted by Gasteiger charge is 2.06. The van der Waals surface area contributed by atoms with Crippen molar-refractivity contribution >= 4 is 17.9 Å². The third-order valence-electron chi connectivity index (χ3n) is 3.57. The maximum atomic E-state index is 10.5. The van der Waals surface area contributed by atoms with Crippen molar-refractivity contribution in [2.24, 2.45) is 0 Å². The molecule has 1 aromatic carbocycles. The van der Waals surface area contributed by atoms with Crippen molar-refractivity contribution in [3.63, 3.8) is 0 Å². The normalized spacial score (nSPS) is 10.7. The van der Waals surface area contributed by atoms with Gasteiger partial charge < -0.3 is 9.72 Å². The number of carbonyl (C=O) groups excluding carboxylic acids is 1. The summed E-state index contributed by atoms with van der Waals surface area (Å²) in [7, 11) is 0. The number of pyridine rings is 1. The van der Waals surface area contributed by atoms with Gasteiger partial charge in [0.15, 0.2) is 5.82 Å². The van der Waals surface area contributed by atoms with Gasteiger partial charge >= 0.3 is 0 Å². The van der Waals surface area contributed by atoms with Gasteiger partial charge in [0.1, 0.15) is 5.65 Å². The van der Waals surface area contributed by atoms with Crippen molar-refractivity contribution in [3.05, 3.63) is 53.9 Å². The molecular formula is C16H15N3O. The molecule has 0 aliphatic carbocycles. The highest BCUT2D eigenvalue weighted by atomic mass is 16.1. The zero-order valence-corrected chi connectivity index (χ0v) is 11.4. The van der Waals surface area contributed by atoms with Gasteiger partial charge in [0.05, 0.1) is 6.20 Å². The van der Waals surface area contributed by atoms with Crippen LogP contribution < -0.4 is 5.32 Å². The molecule has 1 N–H and O–H groups in total. The lowest BCUT2D eigenvalue weighted by Crippen LogP contribution is -1.92. The van der Waals surface area contributed by atoms with Gasteiger partial charge in [-0.2, -0.15) is 0 Å². The number of carbonyl (C=O) groups is 1. The van der Waals surface area contributed by atoms with E-state index in [0.717, 1.165) is 11.2 Å². The van der Waals surface area contributed by atoms with E-state index in [9.17, 15) is 4.79 Å². The number of hydrogen-bond acceptors (Lipinski definition) is 2. The topological polar surface area (TPSA) is 46.4 Å². The van der Waals surface area contributed by atoms with Gasteiger partial charge in [-0.05, 0) is 48.2 Å². The van der Waals surface area contributed by atoms with Crippen LogP contribution in [0.25, 0.3) is 16.8 Å². The van der Waals surface area contributed by atoms with E-state index < -0.39 is 0 Å². The molecule has 0 spiro atoms. The number of imidazole rings is 1. The zero-order valence-electron chi connectivity index (χ0n) is 11.4. The minimum atomic E-state index is 0.554. The minimum absolute atomic E-state index is 0.554. The number of nitrogens with one attached hydrogen (secondary N) is 1. The van der Waals surface area contributed by atoms with Crippen molar-refractivity contribution in [2.45, 2.75) is 13.8 Å². The summed E-state index contributed by atoms with van der Waals surface area (Å²) in [5.41, 5.74) is 5.71. The molecule has 0 saturated heterocycles. The average Bonchev–Trinajstić information content (AvgIpc) is 2.83. The number of aromatic nitrogens is 2. The Morgan fingerprint density at radius 1 is 1.15 bits per heavy atom. The molecule has 0 unspecified atom stereocenters. The van der Waals surface area contributed by atoms with Crippen molar-refractivity contribution < 1.29 is 4.79 Å². The van der Waals surface area contributed by atoms with Crippen LogP contribution in [-0.4, -0.2) is 15.8 Å². The van der Waals surface area contributed by atoms with Gasteiger partial charge in [-0.25, -0.2) is 4.98 Å². The second-order valence-corrected chi connectivity index (χ2v) is 4.82. The van der Waals surface area contributed by atoms with Gasteiger partial charge in [0.2, 0.25) is 6.41 Å². The monoisotopic (exact) mass is 265 g/mol. The zero-order chi connectivity index (χ0) is 14.1. The van der Waals surface area contributed by atoms with Crippen molar-refractivity contribution in [1.82, 2.24) is 9.38 Å². The molecule has 0 saturated carbocycles. The summed E-state index contributed by atoms with van der Waals surface area (Å²) in [6.07, 6.45) is 4.46. The SMILES string of the molecule is Cc1cccc(-c2ccc3nc(NC=O)cn3c2)c1C. The fraction of sp³-hybridized carbons (Fsp3) is 0.125. The van der Waals surface area contributed by atoms with Crippen LogP contribution in [0, 0.1) is 13.8 Å². The lowest BCUT2D eigenvalue weighted by Gasteiger charge is -2.09. The van der Waals surface area contributed by atoms with E-state index in [4.69, 9.17) is 0 Å². The summed E-state index contributed by atoms with van der Waals surface area (Å²) in [6.45, 7) is 4.24. The Bertz CT molecular complexity index is 790. The van der Waals surface area contributed by atoms with Gasteiger partial charge in [-0.1, -0.05) is 18.2 Å². The van der Waals surface area contributed by atoms with Crippen LogP contribution in [0.2, 0.25) is 0 Å². The van der Waals surface area contributed by atoms with Crippen molar-refractivity contribution in [3.8, 4) is 11.1 Å². The van der Waals surface area contributed by atoms with Crippen LogP contribution >= 0.6 is 0 Å². The molecule has 100 valence electrons. The number of hydrogen-bond donors (Lipinski definition) is 1. The first-order valence-corrected chi connectivity index (χ1v) is 6.44. The lowest BCUT2D eigenvalue weighted by molar-refractivity contribution is -0.105. The van der Waals surface area contributed by atoms with Crippen LogP contribution in [0.15, 0.2) is 42.7 Å². The number of rotatable bonds is 3. The smallest absolute Gasteiger partial charge is 0.212 e. The predicted molar refractivity (Wildman–Crippen MR) is 79.8 cm³/mol. The Labute approximate surface area is 117 Å². The fourth-order valence-corrected chi connectivity index (χ4v) is 2.34. The molecule has 4 heteroatoms. The average molecular weight is 265 g/mol. The molecule has 2 heterocycles. The summed E-state index contributed by atoms with van der Waals surface area (Å²) >= 11 is 0. The summed E-state index contributed by atoms with van der Waals surface area (Å²) < 4.78 is 1.92. The Hall–Kier alpha value is -2.62. The van der Waals surface area contributed by atoms with E-state index in [-0.39, 0.29) is 0 Å². The highest BCUT2D eigenvalue weighted by molar-refractivity contribution is 5.72. The molecule has 20 heavy (non-hydrogen) atoms. The second kappa shape index (κ2) is 4.81. The number of anilines is 1. The van der Waals surface area contributed by atoms with Gasteiger partial charge in [-0.3, -0.25) is 4.79 Å². The molecule has 0 aliphatic rings. The lowest BCUT2D eigenvalue weighted by atomic mass is 9.98. The summed E-state index contributed by atoms with van der Waals surface area (Å²) in [5.74, 6) is 0.554. The van der Waals surface area contributed by atoms with Gasteiger partial charge in [0, 0.05) is 6.20 Å². The van der Waals surface area contributed by atoms with Crippen molar-refractivity contribution in [1.29, 1.82) is 0 Å². The minimum Gasteiger partial charge on any atom is -0.312 e. The largest absolute Gasteiger partial charge is 0.312 e. The molecule has 0 aliphatic heterocycles. The molecule has 0 bridgehead atoms. The molecule has 0 atom stereocenters. The van der Waals surface area contributed by atoms with E-state index >= 15 is 0 Å². The predicted octanol–water partition coefficient (Wildman–Crippen LogP) is 3.19. The van der Waals surface area contributed by atoms with Crippen LogP contribution in [-0.2, 0) is 4.79 Å². The Kier molecular flexibility index (Phi) is 2.99. The number of benzene rings is 1. The van der Waals surface area contributed by atoms with Crippen LogP contribution in [0.1, 0.15) is 11.1 Å². The second-order valence-electron chi connectivity index (χ2n) is 4.82. The summed E-state index contributed by atoms with van der Waals surface area (Å²) in [5, 5.41) is 2.56. The van der Waals surface area contributed by atoms with Gasteiger partial charge in [0.25, 0.3) is 0 Å². The maximum absolute atomic E-state index is 10.5. The highest BCUT2D eigenvalue weighted by Crippen LogP contribution is 2.26. The van der Waals surface area contributed by atoms with Crippen LogP contribution in [0.4, 0.5) is 5.82 Å². The fourth-order valence-electron chi connectivity index (χ4n) is 2.34. The molecule has 4 nitrogen and oxygen atoms in total. The van der Waals surface area contributed by atoms with E-state index in [2.05, 4.69) is 48.4 Å². The standard InChI is InChI=1S/C16H15N3O/c1-11-4-3-5-14(12(11)2)13-6-7-16-18-15(17-10-20)9-19(16)8-13/h3-10H,1-2H3,(H,17,20). The molecule has 1 amide bonds. The molecule has 3 aromatic rings. The third-order valence-corrected chi connectivity index (χ3v) is 3.57. The molecular weight excluding hydrogens is 250 g/mol. The summed E-state index contributed by atoms with van der Waals surface area (Å²) in [6, 6.07) is 10.3.